The molecule has 2 atom stereocenters. The zero-order valence-corrected chi connectivity index (χ0v) is 49.1. The Labute approximate surface area is 526 Å². The van der Waals surface area contributed by atoms with Gasteiger partial charge in [0.2, 0.25) is 0 Å². The van der Waals surface area contributed by atoms with Gasteiger partial charge in [-0.3, -0.25) is 0 Å². The van der Waals surface area contributed by atoms with Crippen molar-refractivity contribution in [3.05, 3.63) is 389 Å². The lowest BCUT2D eigenvalue weighted by Crippen LogP contribution is -2.30. The highest BCUT2D eigenvalue weighted by atomic mass is 19.1. The van der Waals surface area contributed by atoms with E-state index in [1.165, 1.54) is 24.3 Å². The first-order valence-corrected chi connectivity index (χ1v) is 30.1. The molecule has 13 aromatic rings. The average Bonchev–Trinajstić information content (AvgIpc) is 1.56. The van der Waals surface area contributed by atoms with Crippen LogP contribution in [0.5, 0.6) is 23.0 Å². The number of benzene rings is 13. The molecule has 2 unspecified atom stereocenters. The van der Waals surface area contributed by atoms with Crippen LogP contribution in [0.3, 0.4) is 0 Å². The Balaban J connectivity index is 0.961. The topological polar surface area (TPSA) is 21.7 Å². The van der Waals surface area contributed by atoms with Crippen molar-refractivity contribution in [2.45, 2.75) is 10.8 Å². The predicted molar refractivity (Wildman–Crippen MR) is 360 cm³/mol. The predicted octanol–water partition coefficient (Wildman–Crippen LogP) is 22.6. The Kier molecular flexibility index (Phi) is 14.1. The van der Waals surface area contributed by atoms with E-state index in [1.54, 1.807) is 12.2 Å². The van der Waals surface area contributed by atoms with Gasteiger partial charge in [0, 0.05) is 28.2 Å². The van der Waals surface area contributed by atoms with Gasteiger partial charge < -0.3 is 14.4 Å². The van der Waals surface area contributed by atoms with E-state index < -0.39 is 34.1 Å². The molecule has 0 N–H and O–H groups in total. The van der Waals surface area contributed by atoms with E-state index in [4.69, 9.17) is 9.47 Å². The van der Waals surface area contributed by atoms with Gasteiger partial charge in [-0.2, -0.15) is 0 Å². The van der Waals surface area contributed by atoms with Crippen LogP contribution in [0.15, 0.2) is 310 Å². The molecule has 0 fully saturated rings. The maximum atomic E-state index is 17.4. The highest BCUT2D eigenvalue weighted by Gasteiger charge is 2.50. The van der Waals surface area contributed by atoms with Crippen molar-refractivity contribution in [3.8, 4) is 67.5 Å². The Bertz CT molecular complexity index is 4720. The Morgan fingerprint density at radius 1 is 0.286 bits per heavy atom. The molecule has 0 bridgehead atoms. The lowest BCUT2D eigenvalue weighted by molar-refractivity contribution is 0.481. The molecule has 0 spiro atoms. The lowest BCUT2D eigenvalue weighted by atomic mass is 9.67. The Hall–Kier alpha value is -11.5. The number of halogens is 4. The monoisotopic (exact) mass is 1190 g/mol. The van der Waals surface area contributed by atoms with E-state index in [0.29, 0.717) is 56.6 Å². The van der Waals surface area contributed by atoms with Crippen molar-refractivity contribution < 1.29 is 27.0 Å². The lowest BCUT2D eigenvalue weighted by Gasteiger charge is -2.36. The standard InChI is InChI=1S/C84H55F4NO2/c1-3-54-24-36-67(37-25-54)90-69-40-28-60(29-41-69)83(79-50-62(85)32-46-81(79)87)75-22-10-8-20-71(75)73-44-34-65(52-77(73)83)89(64-19-13-18-59(49-64)58-17-12-16-57(48-58)56-14-6-5-7-15-56)66-35-45-74-72-21-9-11-23-76(72)84(78(74)53-66,80-51-63(86)33-47-82(80)88)61-30-42-70(43-31-61)91-68-38-26-55(4-2)27-39-68/h3-53H,1-2H2. The van der Waals surface area contributed by atoms with Crippen molar-refractivity contribution in [1.82, 2.24) is 0 Å². The molecule has 2 aliphatic rings. The summed E-state index contributed by atoms with van der Waals surface area (Å²) in [6.45, 7) is 7.77. The molecule has 7 heteroatoms. The molecule has 0 aliphatic heterocycles. The quantitative estimate of drug-likeness (QED) is 0.0955. The zero-order chi connectivity index (χ0) is 61.8. The summed E-state index contributed by atoms with van der Waals surface area (Å²) < 4.78 is 80.0. The first-order valence-electron chi connectivity index (χ1n) is 30.1. The van der Waals surface area contributed by atoms with Crippen LogP contribution in [-0.4, -0.2) is 0 Å². The first-order chi connectivity index (χ1) is 44.6. The number of hydrogen-bond donors (Lipinski definition) is 0. The van der Waals surface area contributed by atoms with Gasteiger partial charge in [-0.05, 0) is 216 Å². The second-order valence-corrected chi connectivity index (χ2v) is 22.9. The van der Waals surface area contributed by atoms with E-state index in [9.17, 15) is 0 Å². The number of ether oxygens (including phenoxy) is 2. The van der Waals surface area contributed by atoms with E-state index >= 15 is 17.6 Å². The molecule has 436 valence electrons. The van der Waals surface area contributed by atoms with Gasteiger partial charge in [-0.15, -0.1) is 0 Å². The highest BCUT2D eigenvalue weighted by Crippen LogP contribution is 2.61. The van der Waals surface area contributed by atoms with Gasteiger partial charge in [0.1, 0.15) is 46.3 Å². The Morgan fingerprint density at radius 2 is 0.659 bits per heavy atom. The van der Waals surface area contributed by atoms with Gasteiger partial charge in [-0.25, -0.2) is 17.6 Å². The van der Waals surface area contributed by atoms with Gasteiger partial charge in [0.15, 0.2) is 0 Å². The number of fused-ring (bicyclic) bond motifs is 6. The second-order valence-electron chi connectivity index (χ2n) is 22.9. The summed E-state index contributed by atoms with van der Waals surface area (Å²) in [7, 11) is 0. The number of anilines is 3. The minimum atomic E-state index is -1.42. The normalized spacial score (nSPS) is 15.0. The zero-order valence-electron chi connectivity index (χ0n) is 49.1. The summed E-state index contributed by atoms with van der Waals surface area (Å²) in [5, 5.41) is 0. The largest absolute Gasteiger partial charge is 0.457 e. The molecule has 2 aliphatic carbocycles. The fraction of sp³-hybridized carbons (Fsp3) is 0.0238. The highest BCUT2D eigenvalue weighted by molar-refractivity contribution is 5.93. The van der Waals surface area contributed by atoms with Crippen LogP contribution < -0.4 is 14.4 Å². The smallest absolute Gasteiger partial charge is 0.128 e. The molecule has 0 saturated carbocycles. The third-order valence-corrected chi connectivity index (χ3v) is 17.9. The van der Waals surface area contributed by atoms with Gasteiger partial charge in [0.25, 0.3) is 0 Å². The summed E-state index contributed by atoms with van der Waals surface area (Å²) in [5.41, 5.74) is 13.3. The van der Waals surface area contributed by atoms with E-state index in [2.05, 4.69) is 109 Å². The molecular formula is C84H55F4NO2. The van der Waals surface area contributed by atoms with Crippen LogP contribution in [0, 0.1) is 23.3 Å². The first kappa shape index (κ1) is 56.0. The van der Waals surface area contributed by atoms with Gasteiger partial charge in [-0.1, -0.05) is 195 Å². The fourth-order valence-corrected chi connectivity index (χ4v) is 13.8. The van der Waals surface area contributed by atoms with Crippen molar-refractivity contribution >= 4 is 29.2 Å². The van der Waals surface area contributed by atoms with Crippen molar-refractivity contribution in [1.29, 1.82) is 0 Å². The molecule has 13 aromatic carbocycles. The van der Waals surface area contributed by atoms with Crippen LogP contribution in [0.2, 0.25) is 0 Å². The minimum Gasteiger partial charge on any atom is -0.457 e. The average molecular weight is 1190 g/mol. The van der Waals surface area contributed by atoms with Gasteiger partial charge in [0.05, 0.1) is 10.8 Å². The third-order valence-electron chi connectivity index (χ3n) is 17.9. The van der Waals surface area contributed by atoms with E-state index in [-0.39, 0.29) is 11.1 Å². The summed E-state index contributed by atoms with van der Waals surface area (Å²) in [5.74, 6) is 0.0147. The molecule has 0 radical (unpaired) electrons. The van der Waals surface area contributed by atoms with Crippen molar-refractivity contribution in [2.75, 3.05) is 4.90 Å². The van der Waals surface area contributed by atoms with Crippen LogP contribution in [0.25, 0.3) is 56.7 Å². The fourth-order valence-electron chi connectivity index (χ4n) is 13.8. The summed E-state index contributed by atoms with van der Waals surface area (Å²) >= 11 is 0. The molecule has 3 nitrogen and oxygen atoms in total. The van der Waals surface area contributed by atoms with E-state index in [1.807, 2.05) is 170 Å². The summed E-state index contributed by atoms with van der Waals surface area (Å²) in [4.78, 5) is 2.17. The maximum Gasteiger partial charge on any atom is 0.128 e. The molecule has 0 heterocycles. The van der Waals surface area contributed by atoms with Crippen LogP contribution in [0.1, 0.15) is 55.6 Å². The molecule has 0 aromatic heterocycles. The number of rotatable bonds is 15. The second kappa shape index (κ2) is 22.9. The van der Waals surface area contributed by atoms with Crippen molar-refractivity contribution in [2.24, 2.45) is 0 Å². The van der Waals surface area contributed by atoms with Crippen LogP contribution in [-0.2, 0) is 10.8 Å². The summed E-state index contributed by atoms with van der Waals surface area (Å²) in [6, 6.07) is 93.1. The van der Waals surface area contributed by atoms with E-state index in [0.717, 1.165) is 84.6 Å². The SMILES string of the molecule is C=Cc1ccc(Oc2ccc(C3(c4cc(F)ccc4F)c4ccccc4-c4ccc(N(c5cccc(-c6cccc(-c7ccccc7)c6)c5)c5ccc6c(c5)C(c5ccc(Oc7ccc(C=C)cc7)cc5)(c5cc(F)ccc5F)c5ccccc5-6)cc43)cc2)cc1. The summed E-state index contributed by atoms with van der Waals surface area (Å²) in [6.07, 6.45) is 3.54. The maximum absolute atomic E-state index is 17.4. The third kappa shape index (κ3) is 9.61. The molecule has 0 saturated heterocycles. The number of nitrogens with zero attached hydrogens (tertiary/aromatic N) is 1. The molecule has 91 heavy (non-hydrogen) atoms. The number of hydrogen-bond acceptors (Lipinski definition) is 3. The molecular weight excluding hydrogens is 1130 g/mol. The van der Waals surface area contributed by atoms with Crippen LogP contribution in [0.4, 0.5) is 34.6 Å². The Morgan fingerprint density at radius 3 is 1.12 bits per heavy atom. The molecule has 15 rings (SSSR count). The van der Waals surface area contributed by atoms with Crippen LogP contribution >= 0.6 is 0 Å². The van der Waals surface area contributed by atoms with Crippen molar-refractivity contribution in [3.63, 3.8) is 0 Å². The van der Waals surface area contributed by atoms with Gasteiger partial charge >= 0.3 is 0 Å². The molecule has 0 amide bonds. The minimum absolute atomic E-state index is 0.135.